The van der Waals surface area contributed by atoms with Gasteiger partial charge in [-0.15, -0.1) is 0 Å². The second-order valence-corrected chi connectivity index (χ2v) is 3.75. The summed E-state index contributed by atoms with van der Waals surface area (Å²) in [5, 5.41) is 30.7. The van der Waals surface area contributed by atoms with Gasteiger partial charge in [-0.1, -0.05) is 0 Å². The van der Waals surface area contributed by atoms with E-state index in [1.807, 2.05) is 0 Å². The lowest BCUT2D eigenvalue weighted by Crippen LogP contribution is -2.20. The Bertz CT molecular complexity index is 442. The molecule has 0 atom stereocenters. The number of aliphatic hydroxyl groups excluding tert-OH is 2. The number of amides is 1. The van der Waals surface area contributed by atoms with Gasteiger partial charge in [0.05, 0.1) is 13.2 Å². The van der Waals surface area contributed by atoms with Crippen LogP contribution in [0.5, 0.6) is 5.75 Å². The molecule has 0 spiro atoms. The Labute approximate surface area is 92.3 Å². The van der Waals surface area contributed by atoms with Crippen molar-refractivity contribution >= 4 is 11.6 Å². The number of aliphatic hydroxyl groups is 2. The maximum atomic E-state index is 11.2. The molecule has 0 radical (unpaired) electrons. The van der Waals surface area contributed by atoms with Crippen molar-refractivity contribution in [3.05, 3.63) is 22.8 Å². The molecular formula is C11H13NO4. The normalized spacial score (nSPS) is 14.5. The fourth-order valence-corrected chi connectivity index (χ4v) is 1.97. The molecule has 0 unspecified atom stereocenters. The SMILES string of the molecule is O=C1CCc2c(cc(CO)c(O)c2CO)N1. The molecule has 0 saturated heterocycles. The Kier molecular flexibility index (Phi) is 2.80. The number of carbonyl (C=O) groups is 1. The van der Waals surface area contributed by atoms with E-state index in [1.54, 1.807) is 6.07 Å². The van der Waals surface area contributed by atoms with Gasteiger partial charge in [0.2, 0.25) is 5.91 Å². The average molecular weight is 223 g/mol. The van der Waals surface area contributed by atoms with Crippen LogP contribution in [0.3, 0.4) is 0 Å². The molecule has 5 heteroatoms. The third-order valence-electron chi connectivity index (χ3n) is 2.80. The van der Waals surface area contributed by atoms with Gasteiger partial charge in [0.15, 0.2) is 0 Å². The Hall–Kier alpha value is -1.59. The number of aromatic hydroxyl groups is 1. The number of hydrogen-bond acceptors (Lipinski definition) is 4. The maximum Gasteiger partial charge on any atom is 0.224 e. The van der Waals surface area contributed by atoms with E-state index in [9.17, 15) is 15.0 Å². The Morgan fingerprint density at radius 2 is 2.00 bits per heavy atom. The van der Waals surface area contributed by atoms with E-state index < -0.39 is 0 Å². The van der Waals surface area contributed by atoms with Crippen molar-refractivity contribution in [2.45, 2.75) is 26.1 Å². The van der Waals surface area contributed by atoms with Crippen molar-refractivity contribution < 1.29 is 20.1 Å². The van der Waals surface area contributed by atoms with Gasteiger partial charge in [0, 0.05) is 23.2 Å². The molecule has 5 nitrogen and oxygen atoms in total. The highest BCUT2D eigenvalue weighted by atomic mass is 16.3. The predicted octanol–water partition coefficient (Wildman–Crippen LogP) is 0.261. The molecule has 1 aromatic rings. The molecule has 0 aromatic heterocycles. The molecule has 1 heterocycles. The molecule has 0 bridgehead atoms. The summed E-state index contributed by atoms with van der Waals surface area (Å²) in [7, 11) is 0. The topological polar surface area (TPSA) is 89.8 Å². The monoisotopic (exact) mass is 223 g/mol. The summed E-state index contributed by atoms with van der Waals surface area (Å²) in [5.41, 5.74) is 2.02. The minimum atomic E-state index is -0.331. The molecule has 1 aromatic carbocycles. The first kappa shape index (κ1) is 10.9. The Balaban J connectivity index is 2.59. The highest BCUT2D eigenvalue weighted by Gasteiger charge is 2.22. The fourth-order valence-electron chi connectivity index (χ4n) is 1.97. The van der Waals surface area contributed by atoms with E-state index in [-0.39, 0.29) is 24.9 Å². The highest BCUT2D eigenvalue weighted by molar-refractivity contribution is 5.94. The molecule has 0 saturated carbocycles. The van der Waals surface area contributed by atoms with Gasteiger partial charge in [-0.05, 0) is 18.1 Å². The molecular weight excluding hydrogens is 210 g/mol. The lowest BCUT2D eigenvalue weighted by atomic mass is 9.94. The first-order valence-corrected chi connectivity index (χ1v) is 5.05. The van der Waals surface area contributed by atoms with Gasteiger partial charge in [-0.25, -0.2) is 0 Å². The first-order valence-electron chi connectivity index (χ1n) is 5.05. The molecule has 86 valence electrons. The Morgan fingerprint density at radius 1 is 1.25 bits per heavy atom. The molecule has 16 heavy (non-hydrogen) atoms. The van der Waals surface area contributed by atoms with Crippen LogP contribution in [0.15, 0.2) is 6.07 Å². The number of nitrogens with one attached hydrogen (secondary N) is 1. The molecule has 1 aliphatic rings. The van der Waals surface area contributed by atoms with Gasteiger partial charge in [-0.2, -0.15) is 0 Å². The molecule has 1 aliphatic heterocycles. The van der Waals surface area contributed by atoms with Crippen LogP contribution in [0.25, 0.3) is 0 Å². The quantitative estimate of drug-likeness (QED) is 0.541. The minimum absolute atomic E-state index is 0.0834. The maximum absolute atomic E-state index is 11.2. The lowest BCUT2D eigenvalue weighted by molar-refractivity contribution is -0.116. The van der Waals surface area contributed by atoms with Crippen LogP contribution in [0.1, 0.15) is 23.1 Å². The second kappa shape index (κ2) is 4.11. The van der Waals surface area contributed by atoms with E-state index in [0.29, 0.717) is 29.7 Å². The first-order chi connectivity index (χ1) is 7.67. The van der Waals surface area contributed by atoms with Crippen LogP contribution in [0.4, 0.5) is 5.69 Å². The largest absolute Gasteiger partial charge is 0.507 e. The number of hydrogen-bond donors (Lipinski definition) is 4. The summed E-state index contributed by atoms with van der Waals surface area (Å²) in [5.74, 6) is -0.175. The van der Waals surface area contributed by atoms with E-state index in [1.165, 1.54) is 0 Å². The van der Waals surface area contributed by atoms with Crippen molar-refractivity contribution in [2.24, 2.45) is 0 Å². The van der Waals surface area contributed by atoms with Crippen molar-refractivity contribution in [2.75, 3.05) is 5.32 Å². The zero-order chi connectivity index (χ0) is 11.7. The molecule has 2 rings (SSSR count). The van der Waals surface area contributed by atoms with Crippen molar-refractivity contribution in [1.29, 1.82) is 0 Å². The summed E-state index contributed by atoms with van der Waals surface area (Å²) >= 11 is 0. The van der Waals surface area contributed by atoms with E-state index in [4.69, 9.17) is 5.11 Å². The minimum Gasteiger partial charge on any atom is -0.507 e. The number of anilines is 1. The van der Waals surface area contributed by atoms with Crippen LogP contribution < -0.4 is 5.32 Å². The lowest BCUT2D eigenvalue weighted by Gasteiger charge is -2.21. The van der Waals surface area contributed by atoms with E-state index in [2.05, 4.69) is 5.32 Å². The van der Waals surface area contributed by atoms with Crippen LogP contribution in [-0.4, -0.2) is 21.2 Å². The molecule has 0 fully saturated rings. The Morgan fingerprint density at radius 3 is 2.62 bits per heavy atom. The number of carbonyl (C=O) groups excluding carboxylic acids is 1. The van der Waals surface area contributed by atoms with Gasteiger partial charge in [0.1, 0.15) is 5.75 Å². The number of benzene rings is 1. The summed E-state index contributed by atoms with van der Waals surface area (Å²) in [6, 6.07) is 1.54. The summed E-state index contributed by atoms with van der Waals surface area (Å²) in [6.45, 7) is -0.639. The number of phenols is 1. The predicted molar refractivity (Wildman–Crippen MR) is 56.9 cm³/mol. The smallest absolute Gasteiger partial charge is 0.224 e. The van der Waals surface area contributed by atoms with Crippen LogP contribution in [0, 0.1) is 0 Å². The van der Waals surface area contributed by atoms with Crippen molar-refractivity contribution in [3.63, 3.8) is 0 Å². The standard InChI is InChI=1S/C11H13NO4/c13-4-6-3-9-7(1-2-10(15)12-9)8(5-14)11(6)16/h3,13-14,16H,1-2,4-5H2,(H,12,15). The summed E-state index contributed by atoms with van der Waals surface area (Å²) < 4.78 is 0. The molecule has 1 amide bonds. The van der Waals surface area contributed by atoms with Gasteiger partial charge in [0.25, 0.3) is 0 Å². The van der Waals surface area contributed by atoms with E-state index >= 15 is 0 Å². The van der Waals surface area contributed by atoms with Gasteiger partial charge < -0.3 is 20.6 Å². The average Bonchev–Trinajstić information content (AvgIpc) is 2.28. The summed E-state index contributed by atoms with van der Waals surface area (Å²) in [4.78, 5) is 11.2. The highest BCUT2D eigenvalue weighted by Crippen LogP contribution is 2.35. The zero-order valence-electron chi connectivity index (χ0n) is 8.66. The molecule has 4 N–H and O–H groups in total. The molecule has 0 aliphatic carbocycles. The van der Waals surface area contributed by atoms with Crippen LogP contribution in [0.2, 0.25) is 0 Å². The van der Waals surface area contributed by atoms with Gasteiger partial charge >= 0.3 is 0 Å². The number of fused-ring (bicyclic) bond motifs is 1. The van der Waals surface area contributed by atoms with Crippen molar-refractivity contribution in [3.8, 4) is 5.75 Å². The van der Waals surface area contributed by atoms with Crippen molar-refractivity contribution in [1.82, 2.24) is 0 Å². The second-order valence-electron chi connectivity index (χ2n) is 3.75. The van der Waals surface area contributed by atoms with E-state index in [0.717, 1.165) is 5.56 Å². The van der Waals surface area contributed by atoms with Crippen LogP contribution >= 0.6 is 0 Å². The fraction of sp³-hybridized carbons (Fsp3) is 0.364. The zero-order valence-corrected chi connectivity index (χ0v) is 8.66. The summed E-state index contributed by atoms with van der Waals surface area (Å²) in [6.07, 6.45) is 0.842. The third-order valence-corrected chi connectivity index (χ3v) is 2.80. The van der Waals surface area contributed by atoms with Crippen LogP contribution in [-0.2, 0) is 24.4 Å². The number of rotatable bonds is 2. The van der Waals surface area contributed by atoms with Gasteiger partial charge in [-0.3, -0.25) is 4.79 Å². The third kappa shape index (κ3) is 1.64.